The first-order valence-corrected chi connectivity index (χ1v) is 25.2. The molecular formula is C40H58N8O6S6. The molecule has 20 heteroatoms. The van der Waals surface area contributed by atoms with Gasteiger partial charge in [-0.05, 0) is 95.7 Å². The SMILES string of the molecule is CC(C)(C)c1cc(CC2CN3C(=S)N4CCOCCOCCOCCN5C(=S)N(C2)C3=S45)cc(CC2CN3C(=S)N4CCOCCOCCOCCN5C(=S)N(C2)C3=S45)c1. The van der Waals surface area contributed by atoms with E-state index >= 15 is 0 Å². The molecule has 9 rings (SSSR count). The van der Waals surface area contributed by atoms with Crippen LogP contribution < -0.4 is 0 Å². The molecule has 60 heavy (non-hydrogen) atoms. The molecule has 4 saturated heterocycles. The second-order valence-corrected chi connectivity index (χ2v) is 22.2. The van der Waals surface area contributed by atoms with Crippen molar-refractivity contribution in [2.75, 3.05) is 132 Å². The first-order valence-electron chi connectivity index (χ1n) is 21.3. The molecule has 0 aromatic heterocycles. The minimum Gasteiger partial charge on any atom is -0.377 e. The highest BCUT2D eigenvalue weighted by Gasteiger charge is 2.52. The Morgan fingerprint density at radius 3 is 1.03 bits per heavy atom. The second-order valence-electron chi connectivity index (χ2n) is 17.2. The van der Waals surface area contributed by atoms with E-state index in [2.05, 4.69) is 75.8 Å². The number of thiocarbonyl (C=S) groups is 4. The van der Waals surface area contributed by atoms with Crippen LogP contribution >= 0.6 is 70.6 Å². The summed E-state index contributed by atoms with van der Waals surface area (Å²) in [5, 5.41) is 5.90. The molecule has 8 aliphatic heterocycles. The predicted octanol–water partition coefficient (Wildman–Crippen LogP) is 3.44. The van der Waals surface area contributed by atoms with Crippen LogP contribution in [-0.2, 0) is 46.7 Å². The van der Waals surface area contributed by atoms with Gasteiger partial charge < -0.3 is 28.4 Å². The summed E-state index contributed by atoms with van der Waals surface area (Å²) in [5.41, 5.74) is 4.07. The molecule has 0 radical (unpaired) electrons. The average Bonchev–Trinajstić information content (AvgIpc) is 3.86. The molecule has 330 valence electrons. The first-order chi connectivity index (χ1) is 29.1. The summed E-state index contributed by atoms with van der Waals surface area (Å²) in [4.78, 5) is 9.47. The Labute approximate surface area is 381 Å². The molecule has 0 saturated carbocycles. The third-order valence-electron chi connectivity index (χ3n) is 11.8. The molecular weight excluding hydrogens is 881 g/mol. The van der Waals surface area contributed by atoms with Crippen LogP contribution in [0.1, 0.15) is 37.5 Å². The number of nitrogens with zero attached hydrogens (tertiary/aromatic N) is 8. The van der Waals surface area contributed by atoms with Crippen LogP contribution in [-0.4, -0.2) is 199 Å². The third kappa shape index (κ3) is 8.71. The molecule has 0 atom stereocenters. The van der Waals surface area contributed by atoms with Crippen molar-refractivity contribution in [1.29, 1.82) is 0 Å². The molecule has 0 amide bonds. The molecule has 8 heterocycles. The van der Waals surface area contributed by atoms with E-state index in [0.717, 1.165) is 59.5 Å². The molecule has 8 aliphatic rings. The van der Waals surface area contributed by atoms with Gasteiger partial charge in [-0.25, -0.2) is 0 Å². The van der Waals surface area contributed by atoms with E-state index in [1.807, 2.05) is 0 Å². The van der Waals surface area contributed by atoms with E-state index in [-0.39, 0.29) is 5.41 Å². The van der Waals surface area contributed by atoms with Crippen molar-refractivity contribution in [2.24, 2.45) is 11.8 Å². The molecule has 0 bridgehead atoms. The van der Waals surface area contributed by atoms with Gasteiger partial charge in [-0.2, -0.15) is 0 Å². The van der Waals surface area contributed by atoms with Gasteiger partial charge in [0.1, 0.15) is 0 Å². The number of benzene rings is 1. The van der Waals surface area contributed by atoms with Crippen LogP contribution in [0.2, 0.25) is 0 Å². The minimum absolute atomic E-state index is 0.00989. The lowest BCUT2D eigenvalue weighted by Gasteiger charge is -2.41. The van der Waals surface area contributed by atoms with E-state index in [1.165, 1.54) is 26.9 Å². The maximum atomic E-state index is 6.24. The van der Waals surface area contributed by atoms with E-state index in [0.29, 0.717) is 117 Å². The highest BCUT2D eigenvalue weighted by atomic mass is 32.2. The number of ether oxygens (including phenoxy) is 6. The molecule has 1 aromatic carbocycles. The molecule has 0 N–H and O–H groups in total. The standard InChI is InChI=1S/C40H58N8O6S6/c1-40(2,3)33-23-29(21-31-25-41-34(55)45-4-8-49-12-16-53-17-13-50-9-5-46-35(56)42(26-31)38(41)59(45)46)20-30(24-33)22-32-27-43-36(57)47-6-10-51-14-18-54-19-15-52-11-7-48-37(58)44(28-32)39(43)60(47)48/h20,23-24,31-32H,4-19,21-22,25-28H2,1-3H3. The van der Waals surface area contributed by atoms with Crippen molar-refractivity contribution in [3.8, 4) is 0 Å². The Morgan fingerprint density at radius 2 is 0.750 bits per heavy atom. The summed E-state index contributed by atoms with van der Waals surface area (Å²) < 4.78 is 44.5. The van der Waals surface area contributed by atoms with Crippen LogP contribution in [0.3, 0.4) is 0 Å². The maximum Gasteiger partial charge on any atom is 0.188 e. The molecule has 4 fully saturated rings. The highest BCUT2D eigenvalue weighted by Crippen LogP contribution is 2.46. The summed E-state index contributed by atoms with van der Waals surface area (Å²) >= 11 is 25.0. The fraction of sp³-hybridized carbons (Fsp3) is 0.700. The quantitative estimate of drug-likeness (QED) is 0.414. The largest absolute Gasteiger partial charge is 0.377 e. The fourth-order valence-electron chi connectivity index (χ4n) is 9.01. The van der Waals surface area contributed by atoms with Gasteiger partial charge in [0.15, 0.2) is 30.7 Å². The zero-order chi connectivity index (χ0) is 41.5. The Balaban J connectivity index is 0.933. The molecule has 0 aliphatic carbocycles. The van der Waals surface area contributed by atoms with Gasteiger partial charge in [-0.15, -0.1) is 0 Å². The average molecular weight is 939 g/mol. The fourth-order valence-corrected chi connectivity index (χ4v) is 15.8. The van der Waals surface area contributed by atoms with Crippen LogP contribution in [0, 0.1) is 11.8 Å². The van der Waals surface area contributed by atoms with E-state index < -0.39 is 21.7 Å². The van der Waals surface area contributed by atoms with E-state index in [9.17, 15) is 0 Å². The van der Waals surface area contributed by atoms with Crippen molar-refractivity contribution < 1.29 is 28.4 Å². The van der Waals surface area contributed by atoms with Gasteiger partial charge in [0.25, 0.3) is 0 Å². The second kappa shape index (κ2) is 18.7. The Hall–Kier alpha value is -1.82. The van der Waals surface area contributed by atoms with Gasteiger partial charge in [0, 0.05) is 26.2 Å². The van der Waals surface area contributed by atoms with Crippen molar-refractivity contribution >= 4 is 101 Å². The van der Waals surface area contributed by atoms with Crippen molar-refractivity contribution in [1.82, 2.24) is 36.8 Å². The molecule has 14 nitrogen and oxygen atoms in total. The predicted molar refractivity (Wildman–Crippen MR) is 254 cm³/mol. The van der Waals surface area contributed by atoms with Crippen molar-refractivity contribution in [3.05, 3.63) is 34.9 Å². The monoisotopic (exact) mass is 938 g/mol. The van der Waals surface area contributed by atoms with Crippen LogP contribution in [0.15, 0.2) is 18.2 Å². The van der Waals surface area contributed by atoms with Crippen molar-refractivity contribution in [3.63, 3.8) is 0 Å². The third-order valence-corrected chi connectivity index (χ3v) is 18.7. The molecule has 1 aromatic rings. The minimum atomic E-state index is -0.393. The van der Waals surface area contributed by atoms with E-state index in [4.69, 9.17) is 77.3 Å². The lowest BCUT2D eigenvalue weighted by Crippen LogP contribution is -2.56. The zero-order valence-electron chi connectivity index (χ0n) is 34.9. The van der Waals surface area contributed by atoms with E-state index in [1.54, 1.807) is 0 Å². The number of hydrogen-bond donors (Lipinski definition) is 0. The topological polar surface area (TPSA) is 81.3 Å². The van der Waals surface area contributed by atoms with Crippen molar-refractivity contribution in [2.45, 2.75) is 39.0 Å². The Kier molecular flexibility index (Phi) is 13.6. The van der Waals surface area contributed by atoms with Gasteiger partial charge in [0.05, 0.1) is 127 Å². The maximum absolute atomic E-state index is 6.24. The van der Waals surface area contributed by atoms with Crippen LogP contribution in [0.5, 0.6) is 0 Å². The summed E-state index contributed by atoms with van der Waals surface area (Å²) in [6.07, 6.45) is 1.86. The van der Waals surface area contributed by atoms with Gasteiger partial charge in [-0.1, -0.05) is 39.0 Å². The number of rotatable bonds is 4. The summed E-state index contributed by atoms with van der Waals surface area (Å²) in [7, 11) is -0.786. The summed E-state index contributed by atoms with van der Waals surface area (Å²) in [6.45, 7) is 20.0. The summed E-state index contributed by atoms with van der Waals surface area (Å²) in [6, 6.07) is 7.33. The lowest BCUT2D eigenvalue weighted by atomic mass is 9.82. The van der Waals surface area contributed by atoms with Crippen LogP contribution in [0.25, 0.3) is 0 Å². The van der Waals surface area contributed by atoms with Gasteiger partial charge in [0.2, 0.25) is 0 Å². The van der Waals surface area contributed by atoms with Crippen LogP contribution in [0.4, 0.5) is 0 Å². The number of hydrogen-bond acceptors (Lipinski definition) is 10. The summed E-state index contributed by atoms with van der Waals surface area (Å²) in [5.74, 6) is 0.655. The zero-order valence-corrected chi connectivity index (χ0v) is 39.8. The first kappa shape index (κ1) is 43.4. The highest BCUT2D eigenvalue weighted by molar-refractivity contribution is 8.15. The lowest BCUT2D eigenvalue weighted by molar-refractivity contribution is 0.0131. The molecule has 0 spiro atoms. The Morgan fingerprint density at radius 1 is 0.467 bits per heavy atom. The normalized spacial score (nSPS) is 25.2. The van der Waals surface area contributed by atoms with Gasteiger partial charge >= 0.3 is 0 Å². The Bertz CT molecular complexity index is 1720. The smallest absolute Gasteiger partial charge is 0.188 e. The van der Waals surface area contributed by atoms with Gasteiger partial charge in [-0.3, -0.25) is 36.8 Å². The molecule has 0 unspecified atom stereocenters.